The summed E-state index contributed by atoms with van der Waals surface area (Å²) in [4.78, 5) is 0. The predicted molar refractivity (Wildman–Crippen MR) is 140 cm³/mol. The zero-order valence-corrected chi connectivity index (χ0v) is 21.1. The average Bonchev–Trinajstić information content (AvgIpc) is 3.28. The Morgan fingerprint density at radius 1 is 0.848 bits per heavy atom. The van der Waals surface area contributed by atoms with Gasteiger partial charge < -0.3 is 14.7 Å². The molecule has 33 heavy (non-hydrogen) atoms. The molecule has 0 atom stereocenters. The van der Waals surface area contributed by atoms with E-state index in [1.165, 1.54) is 10.4 Å². The van der Waals surface area contributed by atoms with Gasteiger partial charge in [-0.05, 0) is 45.6 Å². The molecular formula is C28H30ClN2OSi. The Labute approximate surface area is 203 Å². The molecule has 2 N–H and O–H groups in total. The topological polar surface area (TPSA) is 40.2 Å². The van der Waals surface area contributed by atoms with Crippen molar-refractivity contribution in [1.29, 1.82) is 0 Å². The summed E-state index contributed by atoms with van der Waals surface area (Å²) in [6, 6.07) is 29.2. The lowest BCUT2D eigenvalue weighted by atomic mass is 9.83. The monoisotopic (exact) mass is 473 g/mol. The van der Waals surface area contributed by atoms with Crippen LogP contribution < -0.4 is 16.1 Å². The summed E-state index contributed by atoms with van der Waals surface area (Å²) in [6.07, 6.45) is 2.06. The summed E-state index contributed by atoms with van der Waals surface area (Å²) in [7, 11) is -1.45. The molecule has 3 aromatic carbocycles. The highest BCUT2D eigenvalue weighted by molar-refractivity contribution is 6.80. The molecule has 0 aliphatic rings. The molecule has 1 radical (unpaired) electrons. The summed E-state index contributed by atoms with van der Waals surface area (Å²) in [5, 5.41) is 3.20. The van der Waals surface area contributed by atoms with Crippen molar-refractivity contribution >= 4 is 31.0 Å². The van der Waals surface area contributed by atoms with E-state index in [9.17, 15) is 0 Å². The quantitative estimate of drug-likeness (QED) is 0.374. The fourth-order valence-electron chi connectivity index (χ4n) is 4.27. The summed E-state index contributed by atoms with van der Waals surface area (Å²) < 4.78 is 8.96. The Hall–Kier alpha value is -2.63. The molecule has 0 saturated carbocycles. The Morgan fingerprint density at radius 3 is 2.00 bits per heavy atom. The molecule has 4 aromatic rings. The molecule has 1 heterocycles. The molecule has 0 saturated heterocycles. The predicted octanol–water partition coefficient (Wildman–Crippen LogP) is 5.21. The van der Waals surface area contributed by atoms with E-state index in [1.54, 1.807) is 0 Å². The third-order valence-corrected chi connectivity index (χ3v) is 8.19. The van der Waals surface area contributed by atoms with Crippen molar-refractivity contribution in [3.05, 3.63) is 113 Å². The molecule has 0 fully saturated rings. The highest BCUT2D eigenvalue weighted by atomic mass is 35.5. The van der Waals surface area contributed by atoms with Gasteiger partial charge in [-0.25, -0.2) is 0 Å². The SMILES string of the molecule is CC(C)(C)c1c(Cl)ccc(-n2cccc2CN)c1CO[Si](c1ccccc1)c1ccccc1. The first kappa shape index (κ1) is 23.5. The van der Waals surface area contributed by atoms with Gasteiger partial charge in [0.2, 0.25) is 0 Å². The average molecular weight is 474 g/mol. The highest BCUT2D eigenvalue weighted by Gasteiger charge is 2.27. The van der Waals surface area contributed by atoms with Gasteiger partial charge in [-0.15, -0.1) is 0 Å². The smallest absolute Gasteiger partial charge is 0.283 e. The fourth-order valence-corrected chi connectivity index (χ4v) is 6.67. The highest BCUT2D eigenvalue weighted by Crippen LogP contribution is 2.36. The van der Waals surface area contributed by atoms with Gasteiger partial charge in [0.05, 0.1) is 12.3 Å². The minimum Gasteiger partial charge on any atom is -0.403 e. The second-order valence-electron chi connectivity index (χ2n) is 9.09. The lowest BCUT2D eigenvalue weighted by Crippen LogP contribution is -2.44. The number of hydrogen-bond acceptors (Lipinski definition) is 2. The molecule has 3 nitrogen and oxygen atoms in total. The van der Waals surface area contributed by atoms with E-state index in [0.717, 1.165) is 27.5 Å². The molecule has 0 unspecified atom stereocenters. The number of rotatable bonds is 7. The van der Waals surface area contributed by atoms with Crippen molar-refractivity contribution in [2.45, 2.75) is 39.3 Å². The van der Waals surface area contributed by atoms with Gasteiger partial charge >= 0.3 is 0 Å². The lowest BCUT2D eigenvalue weighted by molar-refractivity contribution is 0.317. The first-order valence-electron chi connectivity index (χ1n) is 11.2. The number of hydrogen-bond donors (Lipinski definition) is 1. The summed E-state index contributed by atoms with van der Waals surface area (Å²) >= 11 is 6.79. The standard InChI is InChI=1S/C28H30ClN2OSi/c1-28(2,3)27-24(26(17-16-25(27)29)31-18-10-11-21(31)19-30)20-32-33(22-12-6-4-7-13-22)23-14-8-5-9-15-23/h4-18H,19-20,30H2,1-3H3. The maximum absolute atomic E-state index is 6.80. The van der Waals surface area contributed by atoms with Crippen LogP contribution in [0.4, 0.5) is 0 Å². The number of benzene rings is 3. The van der Waals surface area contributed by atoms with E-state index in [-0.39, 0.29) is 5.41 Å². The van der Waals surface area contributed by atoms with Gasteiger partial charge in [-0.3, -0.25) is 0 Å². The number of nitrogens with zero attached hydrogens (tertiary/aromatic N) is 1. The van der Waals surface area contributed by atoms with E-state index < -0.39 is 9.04 Å². The molecule has 4 rings (SSSR count). The van der Waals surface area contributed by atoms with Gasteiger partial charge in [0.25, 0.3) is 9.04 Å². The van der Waals surface area contributed by atoms with Crippen molar-refractivity contribution in [1.82, 2.24) is 4.57 Å². The van der Waals surface area contributed by atoms with Crippen LogP contribution in [0.15, 0.2) is 91.1 Å². The van der Waals surface area contributed by atoms with Crippen molar-refractivity contribution in [2.24, 2.45) is 5.73 Å². The third kappa shape index (κ3) is 5.15. The number of halogens is 1. The van der Waals surface area contributed by atoms with Crippen molar-refractivity contribution in [3.8, 4) is 5.69 Å². The van der Waals surface area contributed by atoms with E-state index in [1.807, 2.05) is 24.3 Å². The Balaban J connectivity index is 1.81. The van der Waals surface area contributed by atoms with Crippen LogP contribution in [0.2, 0.25) is 5.02 Å². The number of aromatic nitrogens is 1. The Morgan fingerprint density at radius 2 is 1.45 bits per heavy atom. The molecule has 5 heteroatoms. The normalized spacial score (nSPS) is 11.8. The van der Waals surface area contributed by atoms with E-state index >= 15 is 0 Å². The first-order valence-corrected chi connectivity index (χ1v) is 13.0. The first-order chi connectivity index (χ1) is 15.9. The molecule has 0 aliphatic heterocycles. The maximum atomic E-state index is 6.80. The van der Waals surface area contributed by atoms with E-state index in [2.05, 4.69) is 92.2 Å². The number of nitrogens with two attached hydrogens (primary N) is 1. The molecule has 169 valence electrons. The molecule has 0 amide bonds. The van der Waals surface area contributed by atoms with Crippen LogP contribution >= 0.6 is 11.6 Å². The van der Waals surface area contributed by atoms with Crippen LogP contribution in [0.25, 0.3) is 5.69 Å². The van der Waals surface area contributed by atoms with Crippen molar-refractivity contribution in [2.75, 3.05) is 0 Å². The summed E-state index contributed by atoms with van der Waals surface area (Å²) in [6.45, 7) is 7.51. The van der Waals surface area contributed by atoms with Crippen molar-refractivity contribution < 1.29 is 4.43 Å². The van der Waals surface area contributed by atoms with Gasteiger partial charge in [0, 0.05) is 29.0 Å². The van der Waals surface area contributed by atoms with E-state index in [4.69, 9.17) is 21.8 Å². The molecule has 0 spiro atoms. The second kappa shape index (κ2) is 10.1. The lowest BCUT2D eigenvalue weighted by Gasteiger charge is -2.28. The van der Waals surface area contributed by atoms with Crippen LogP contribution in [0.1, 0.15) is 37.6 Å². The minimum atomic E-state index is -1.45. The molecule has 1 aromatic heterocycles. The molecule has 0 bridgehead atoms. The van der Waals surface area contributed by atoms with Crippen LogP contribution in [-0.2, 0) is 23.0 Å². The fraction of sp³-hybridized carbons (Fsp3) is 0.214. The second-order valence-corrected chi connectivity index (χ2v) is 11.6. The van der Waals surface area contributed by atoms with Crippen LogP contribution in [-0.4, -0.2) is 13.6 Å². The minimum absolute atomic E-state index is 0.145. The zero-order chi connectivity index (χ0) is 23.4. The van der Waals surface area contributed by atoms with Crippen molar-refractivity contribution in [3.63, 3.8) is 0 Å². The Bertz CT molecular complexity index is 1160. The van der Waals surface area contributed by atoms with Crippen LogP contribution in [0.3, 0.4) is 0 Å². The van der Waals surface area contributed by atoms with Crippen LogP contribution in [0, 0.1) is 0 Å². The van der Waals surface area contributed by atoms with Crippen LogP contribution in [0.5, 0.6) is 0 Å². The summed E-state index contributed by atoms with van der Waals surface area (Å²) in [5.74, 6) is 0. The van der Waals surface area contributed by atoms with E-state index in [0.29, 0.717) is 13.2 Å². The van der Waals surface area contributed by atoms with Gasteiger partial charge in [0.15, 0.2) is 0 Å². The van der Waals surface area contributed by atoms with Gasteiger partial charge in [-0.1, -0.05) is 93.0 Å². The molecule has 0 aliphatic carbocycles. The maximum Gasteiger partial charge on any atom is 0.283 e. The van der Waals surface area contributed by atoms with Gasteiger partial charge in [-0.2, -0.15) is 0 Å². The molecular weight excluding hydrogens is 444 g/mol. The zero-order valence-electron chi connectivity index (χ0n) is 19.4. The summed E-state index contributed by atoms with van der Waals surface area (Å²) in [5.41, 5.74) is 10.2. The Kier molecular flexibility index (Phi) is 7.20. The largest absolute Gasteiger partial charge is 0.403 e. The van der Waals surface area contributed by atoms with Gasteiger partial charge in [0.1, 0.15) is 0 Å². The third-order valence-electron chi connectivity index (χ3n) is 5.72.